The molecule has 4 rings (SSSR count). The zero-order chi connectivity index (χ0) is 26.7. The van der Waals surface area contributed by atoms with Crippen LogP contribution in [-0.4, -0.2) is 29.3 Å². The maximum atomic E-state index is 14.3. The number of benzene rings is 4. The average molecular weight is 505 g/mol. The topological polar surface area (TPSA) is 49.4 Å². The van der Waals surface area contributed by atoms with Crippen molar-refractivity contribution in [1.82, 2.24) is 10.2 Å². The zero-order valence-electron chi connectivity index (χ0n) is 22.2. The van der Waals surface area contributed by atoms with Crippen LogP contribution < -0.4 is 5.32 Å². The van der Waals surface area contributed by atoms with Gasteiger partial charge in [-0.1, -0.05) is 121 Å². The first kappa shape index (κ1) is 26.9. The van der Waals surface area contributed by atoms with Crippen LogP contribution in [0.2, 0.25) is 0 Å². The van der Waals surface area contributed by atoms with Gasteiger partial charge in [-0.3, -0.25) is 9.59 Å². The van der Waals surface area contributed by atoms with Gasteiger partial charge in [-0.05, 0) is 36.1 Å². The summed E-state index contributed by atoms with van der Waals surface area (Å²) in [5.74, 6) is -0.291. The number of likely N-dealkylation sites (N-methyl/N-ethyl adjacent to an activating group) is 1. The van der Waals surface area contributed by atoms with Crippen molar-refractivity contribution in [2.24, 2.45) is 0 Å². The van der Waals surface area contributed by atoms with Crippen molar-refractivity contribution in [2.45, 2.75) is 45.2 Å². The molecule has 0 aliphatic heterocycles. The lowest BCUT2D eigenvalue weighted by Crippen LogP contribution is -2.50. The van der Waals surface area contributed by atoms with E-state index in [1.54, 1.807) is 4.90 Å². The lowest BCUT2D eigenvalue weighted by molar-refractivity contribution is -0.141. The highest BCUT2D eigenvalue weighted by atomic mass is 16.2. The van der Waals surface area contributed by atoms with E-state index in [9.17, 15) is 9.59 Å². The molecular weight excluding hydrogens is 468 g/mol. The molecule has 4 nitrogen and oxygen atoms in total. The van der Waals surface area contributed by atoms with Crippen LogP contribution in [0.25, 0.3) is 0 Å². The summed E-state index contributed by atoms with van der Waals surface area (Å²) in [6.07, 6.45) is 0.718. The van der Waals surface area contributed by atoms with Gasteiger partial charge in [0.05, 0.1) is 0 Å². The molecule has 0 radical (unpaired) electrons. The van der Waals surface area contributed by atoms with Gasteiger partial charge in [0.1, 0.15) is 6.04 Å². The van der Waals surface area contributed by atoms with Crippen molar-refractivity contribution >= 4 is 11.8 Å². The molecular formula is C34H36N2O2. The summed E-state index contributed by atoms with van der Waals surface area (Å²) >= 11 is 0. The number of aryl methyl sites for hydroxylation is 1. The Kier molecular flexibility index (Phi) is 9.47. The summed E-state index contributed by atoms with van der Waals surface area (Å²) in [7, 11) is 0. The molecule has 4 aromatic rings. The first-order chi connectivity index (χ1) is 18.5. The van der Waals surface area contributed by atoms with Crippen LogP contribution in [0.4, 0.5) is 0 Å². The van der Waals surface area contributed by atoms with E-state index in [0.717, 1.165) is 27.8 Å². The Morgan fingerprint density at radius 2 is 1.24 bits per heavy atom. The second-order valence-electron chi connectivity index (χ2n) is 9.69. The number of hydrogen-bond acceptors (Lipinski definition) is 2. The monoisotopic (exact) mass is 504 g/mol. The molecule has 1 atom stereocenters. The Morgan fingerprint density at radius 1 is 0.711 bits per heavy atom. The summed E-state index contributed by atoms with van der Waals surface area (Å²) < 4.78 is 0. The normalized spacial score (nSPS) is 11.7. The van der Waals surface area contributed by atoms with E-state index in [2.05, 4.69) is 29.6 Å². The highest BCUT2D eigenvalue weighted by Gasteiger charge is 2.32. The van der Waals surface area contributed by atoms with Crippen molar-refractivity contribution < 1.29 is 9.59 Å². The van der Waals surface area contributed by atoms with Gasteiger partial charge >= 0.3 is 0 Å². The lowest BCUT2D eigenvalue weighted by atomic mass is 9.87. The molecule has 38 heavy (non-hydrogen) atoms. The van der Waals surface area contributed by atoms with Gasteiger partial charge in [0.2, 0.25) is 11.8 Å². The van der Waals surface area contributed by atoms with E-state index in [1.165, 1.54) is 0 Å². The summed E-state index contributed by atoms with van der Waals surface area (Å²) in [5, 5.41) is 2.98. The van der Waals surface area contributed by atoms with Crippen LogP contribution in [0.1, 0.15) is 47.1 Å². The van der Waals surface area contributed by atoms with Gasteiger partial charge in [-0.2, -0.15) is 0 Å². The second-order valence-corrected chi connectivity index (χ2v) is 9.69. The van der Waals surface area contributed by atoms with Gasteiger partial charge in [-0.25, -0.2) is 0 Å². The van der Waals surface area contributed by atoms with Crippen molar-refractivity contribution in [2.75, 3.05) is 6.54 Å². The molecule has 0 heterocycles. The minimum absolute atomic E-state index is 0.0459. The minimum Gasteiger partial charge on any atom is -0.355 e. The Morgan fingerprint density at radius 3 is 1.76 bits per heavy atom. The molecule has 0 aromatic heterocycles. The second kappa shape index (κ2) is 13.4. The number of carbonyl (C=O) groups excluding carboxylic acids is 2. The van der Waals surface area contributed by atoms with Crippen LogP contribution in [0.15, 0.2) is 115 Å². The molecule has 194 valence electrons. The maximum Gasteiger partial charge on any atom is 0.243 e. The summed E-state index contributed by atoms with van der Waals surface area (Å²) in [4.78, 5) is 29.5. The van der Waals surface area contributed by atoms with E-state index in [0.29, 0.717) is 19.5 Å². The lowest BCUT2D eigenvalue weighted by Gasteiger charge is -2.33. The fourth-order valence-corrected chi connectivity index (χ4v) is 4.83. The molecule has 0 bridgehead atoms. The Bertz CT molecular complexity index is 1250. The van der Waals surface area contributed by atoms with Crippen LogP contribution >= 0.6 is 0 Å². The quantitative estimate of drug-likeness (QED) is 0.261. The summed E-state index contributed by atoms with van der Waals surface area (Å²) in [5.41, 5.74) is 5.35. The molecule has 0 spiro atoms. The Balaban J connectivity index is 1.71. The molecule has 0 aliphatic rings. The third-order valence-electron chi connectivity index (χ3n) is 6.88. The van der Waals surface area contributed by atoms with Gasteiger partial charge in [0.25, 0.3) is 0 Å². The molecule has 0 aliphatic carbocycles. The number of nitrogens with one attached hydrogen (secondary N) is 1. The van der Waals surface area contributed by atoms with E-state index in [4.69, 9.17) is 0 Å². The van der Waals surface area contributed by atoms with Gasteiger partial charge in [0.15, 0.2) is 0 Å². The highest BCUT2D eigenvalue weighted by Crippen LogP contribution is 2.30. The molecule has 4 aromatic carbocycles. The number of nitrogens with zero attached hydrogens (tertiary/aromatic N) is 1. The predicted molar refractivity (Wildman–Crippen MR) is 154 cm³/mol. The van der Waals surface area contributed by atoms with Crippen molar-refractivity contribution in [1.29, 1.82) is 0 Å². The van der Waals surface area contributed by atoms with E-state index < -0.39 is 6.04 Å². The first-order valence-electron chi connectivity index (χ1n) is 13.3. The van der Waals surface area contributed by atoms with Crippen LogP contribution in [0, 0.1) is 6.92 Å². The molecule has 2 amide bonds. The smallest absolute Gasteiger partial charge is 0.243 e. The standard InChI is InChI=1S/C34H36N2O2/c1-3-35-34(38)32(23-27-13-7-4-8-14-27)36(25-28-21-19-26(2)20-22-28)33(37)24-31(29-15-9-5-10-16-29)30-17-11-6-12-18-30/h4-22,31-32H,3,23-25H2,1-2H3,(H,35,38)/t32-/m1/s1. The highest BCUT2D eigenvalue weighted by molar-refractivity contribution is 5.88. The van der Waals surface area contributed by atoms with Crippen LogP contribution in [-0.2, 0) is 22.6 Å². The fraction of sp³-hybridized carbons (Fsp3) is 0.235. The summed E-state index contributed by atoms with van der Waals surface area (Å²) in [6.45, 7) is 4.83. The van der Waals surface area contributed by atoms with Gasteiger partial charge in [-0.15, -0.1) is 0 Å². The van der Waals surface area contributed by atoms with Crippen molar-refractivity contribution in [3.63, 3.8) is 0 Å². The van der Waals surface area contributed by atoms with E-state index in [-0.39, 0.29) is 24.2 Å². The number of rotatable bonds is 11. The molecule has 1 N–H and O–H groups in total. The summed E-state index contributed by atoms with van der Waals surface area (Å²) in [6, 6.07) is 37.8. The van der Waals surface area contributed by atoms with Crippen LogP contribution in [0.3, 0.4) is 0 Å². The maximum absolute atomic E-state index is 14.3. The first-order valence-corrected chi connectivity index (χ1v) is 13.3. The minimum atomic E-state index is -0.627. The van der Waals surface area contributed by atoms with Crippen LogP contribution in [0.5, 0.6) is 0 Å². The van der Waals surface area contributed by atoms with Crippen molar-refractivity contribution in [3.8, 4) is 0 Å². The van der Waals surface area contributed by atoms with Gasteiger partial charge in [0, 0.05) is 31.8 Å². The third kappa shape index (κ3) is 7.19. The SMILES string of the molecule is CCNC(=O)[C@@H](Cc1ccccc1)N(Cc1ccc(C)cc1)C(=O)CC(c1ccccc1)c1ccccc1. The van der Waals surface area contributed by atoms with E-state index >= 15 is 0 Å². The molecule has 0 saturated carbocycles. The molecule has 0 saturated heterocycles. The van der Waals surface area contributed by atoms with Gasteiger partial charge < -0.3 is 10.2 Å². The molecule has 0 unspecified atom stereocenters. The largest absolute Gasteiger partial charge is 0.355 e. The number of amides is 2. The Hall–Kier alpha value is -4.18. The number of carbonyl (C=O) groups is 2. The molecule has 4 heteroatoms. The van der Waals surface area contributed by atoms with E-state index in [1.807, 2.05) is 105 Å². The third-order valence-corrected chi connectivity index (χ3v) is 6.88. The predicted octanol–water partition coefficient (Wildman–Crippen LogP) is 6.29. The zero-order valence-corrected chi connectivity index (χ0v) is 22.2. The molecule has 0 fully saturated rings. The number of hydrogen-bond donors (Lipinski definition) is 1. The fourth-order valence-electron chi connectivity index (χ4n) is 4.83. The average Bonchev–Trinajstić information content (AvgIpc) is 2.96. The van der Waals surface area contributed by atoms with Crippen molar-refractivity contribution in [3.05, 3.63) is 143 Å². The Labute approximate surface area is 226 Å².